The Morgan fingerprint density at radius 3 is 0.778 bits per heavy atom. The van der Waals surface area contributed by atoms with Crippen LogP contribution >= 0.6 is 0 Å². The number of hydrogen-bond donors (Lipinski definition) is 0. The summed E-state index contributed by atoms with van der Waals surface area (Å²) in [6, 6.07) is 0. The maximum absolute atomic E-state index is 8.44. The van der Waals surface area contributed by atoms with Gasteiger partial charge in [-0.25, -0.2) is 0 Å². The summed E-state index contributed by atoms with van der Waals surface area (Å²) in [5.74, 6) is 0. The van der Waals surface area contributed by atoms with E-state index in [2.05, 4.69) is 0 Å². The first-order valence-corrected chi connectivity index (χ1v) is 3.00. The summed E-state index contributed by atoms with van der Waals surface area (Å²) in [5, 5.41) is 0. The minimum atomic E-state index is -3.11. The molecule has 0 radical (unpaired) electrons. The normalized spacial score (nSPS) is 7.78. The Balaban J connectivity index is -0.0000000720. The summed E-state index contributed by atoms with van der Waals surface area (Å²) in [6.07, 6.45) is 0. The van der Waals surface area contributed by atoms with Gasteiger partial charge in [-0.1, -0.05) is 0 Å². The molecule has 9 heavy (non-hydrogen) atoms. The maximum Gasteiger partial charge on any atom is 0 e. The Morgan fingerprint density at radius 2 is 0.778 bits per heavy atom. The second-order valence-corrected chi connectivity index (χ2v) is 1.22. The molecule has 58 valence electrons. The third-order valence-corrected chi connectivity index (χ3v) is 0. The molecule has 6 nitrogen and oxygen atoms in total. The maximum atomic E-state index is 8.44. The first kappa shape index (κ1) is 16.4. The second kappa shape index (κ2) is 11.6. The molecule has 0 unspecified atom stereocenters. The summed E-state index contributed by atoms with van der Waals surface area (Å²) in [4.78, 5) is 0. The van der Waals surface area contributed by atoms with Crippen LogP contribution in [0.5, 0.6) is 0 Å². The first-order chi connectivity index (χ1) is 3.46. The summed E-state index contributed by atoms with van der Waals surface area (Å²) in [7, 11) is 0. The molecule has 0 amide bonds. The molecule has 0 heterocycles. The van der Waals surface area contributed by atoms with Crippen LogP contribution in [-0.2, 0) is 43.8 Å². The van der Waals surface area contributed by atoms with E-state index in [0.717, 1.165) is 0 Å². The summed E-state index contributed by atoms with van der Waals surface area (Å²) >= 11 is -6.22. The first-order valence-electron chi connectivity index (χ1n) is 1.00. The topological polar surface area (TPSA) is 126 Å². The molecule has 0 aliphatic carbocycles. The standard InChI is InChI=1S/2H2O3S.W/c2*1-4(2)3;/h2*(H2,1,2,3);/p-4. The molecule has 0 rings (SSSR count). The van der Waals surface area contributed by atoms with Gasteiger partial charge in [0.2, 0.25) is 0 Å². The Labute approximate surface area is 70.5 Å². The van der Waals surface area contributed by atoms with Crippen LogP contribution in [0.1, 0.15) is 0 Å². The molecule has 0 spiro atoms. The molecular weight excluding hydrogens is 344 g/mol. The molecule has 0 aromatic rings. The zero-order valence-electron chi connectivity index (χ0n) is 3.67. The SMILES string of the molecule is O=S([O-])[O-].O=S([O-])[O-].[W]. The van der Waals surface area contributed by atoms with Gasteiger partial charge >= 0.3 is 0 Å². The van der Waals surface area contributed by atoms with Crippen LogP contribution in [0, 0.1) is 0 Å². The number of rotatable bonds is 0. The van der Waals surface area contributed by atoms with Crippen LogP contribution < -0.4 is 0 Å². The zero-order valence-corrected chi connectivity index (χ0v) is 8.24. The van der Waals surface area contributed by atoms with Gasteiger partial charge in [0.05, 0.1) is 0 Å². The molecule has 0 saturated carbocycles. The Bertz CT molecular complexity index is 69.1. The molecule has 0 atom stereocenters. The third-order valence-electron chi connectivity index (χ3n) is 0. The molecule has 0 bridgehead atoms. The van der Waals surface area contributed by atoms with Gasteiger partial charge in [0, 0.05) is 21.1 Å². The van der Waals surface area contributed by atoms with Crippen molar-refractivity contribution < 1.29 is 47.7 Å². The average molecular weight is 344 g/mol. The fourth-order valence-electron chi connectivity index (χ4n) is 0. The van der Waals surface area contributed by atoms with Crippen molar-refractivity contribution >= 4 is 22.7 Å². The van der Waals surface area contributed by atoms with Crippen LogP contribution in [0.3, 0.4) is 0 Å². The van der Waals surface area contributed by atoms with Crippen molar-refractivity contribution in [3.63, 3.8) is 0 Å². The molecule has 0 saturated heterocycles. The van der Waals surface area contributed by atoms with Crippen molar-refractivity contribution in [2.24, 2.45) is 0 Å². The van der Waals surface area contributed by atoms with Gasteiger partial charge in [0.1, 0.15) is 0 Å². The summed E-state index contributed by atoms with van der Waals surface area (Å²) in [5.41, 5.74) is 0. The summed E-state index contributed by atoms with van der Waals surface area (Å²) < 4.78 is 50.7. The van der Waals surface area contributed by atoms with Gasteiger partial charge in [-0.3, -0.25) is 8.42 Å². The Morgan fingerprint density at radius 1 is 0.778 bits per heavy atom. The second-order valence-electron chi connectivity index (χ2n) is 0.408. The van der Waals surface area contributed by atoms with E-state index < -0.39 is 22.7 Å². The monoisotopic (exact) mass is 344 g/mol. The fourth-order valence-corrected chi connectivity index (χ4v) is 0. The largest absolute Gasteiger partial charge is 0.784 e. The molecule has 0 fully saturated rings. The van der Waals surface area contributed by atoms with E-state index in [0.29, 0.717) is 0 Å². The van der Waals surface area contributed by atoms with Crippen molar-refractivity contribution in [1.82, 2.24) is 0 Å². The van der Waals surface area contributed by atoms with Crippen LogP contribution in [0.4, 0.5) is 0 Å². The smallest absolute Gasteiger partial charge is 0 e. The number of hydrogen-bond acceptors (Lipinski definition) is 6. The Kier molecular flexibility index (Phi) is 21.2. The molecule has 0 N–H and O–H groups in total. The van der Waals surface area contributed by atoms with E-state index in [1.165, 1.54) is 0 Å². The Hall–Kier alpha value is 0.828. The molecule has 0 aliphatic rings. The molecular formula is O6S2W-4. The minimum absolute atomic E-state index is 0. The average Bonchev–Trinajstić information content (AvgIpc) is 1.25. The minimum Gasteiger partial charge on any atom is -0.784 e. The van der Waals surface area contributed by atoms with Gasteiger partial charge in [-0.15, -0.1) is 22.7 Å². The van der Waals surface area contributed by atoms with E-state index >= 15 is 0 Å². The van der Waals surface area contributed by atoms with Crippen molar-refractivity contribution in [1.29, 1.82) is 0 Å². The van der Waals surface area contributed by atoms with E-state index in [-0.39, 0.29) is 21.1 Å². The van der Waals surface area contributed by atoms with Crippen LogP contribution in [0.15, 0.2) is 0 Å². The molecule has 0 aromatic heterocycles. The van der Waals surface area contributed by atoms with Crippen molar-refractivity contribution in [3.8, 4) is 0 Å². The van der Waals surface area contributed by atoms with E-state index in [1.54, 1.807) is 0 Å². The fraction of sp³-hybridized carbons (Fsp3) is 0. The van der Waals surface area contributed by atoms with Gasteiger partial charge in [0.15, 0.2) is 0 Å². The van der Waals surface area contributed by atoms with Crippen molar-refractivity contribution in [2.75, 3.05) is 0 Å². The molecule has 0 aliphatic heterocycles. The summed E-state index contributed by atoms with van der Waals surface area (Å²) in [6.45, 7) is 0. The van der Waals surface area contributed by atoms with Crippen LogP contribution in [0.2, 0.25) is 0 Å². The predicted octanol–water partition coefficient (Wildman–Crippen LogP) is -2.01. The van der Waals surface area contributed by atoms with Gasteiger partial charge in [-0.2, -0.15) is 0 Å². The van der Waals surface area contributed by atoms with Crippen molar-refractivity contribution in [2.45, 2.75) is 0 Å². The third kappa shape index (κ3) is 600. The van der Waals surface area contributed by atoms with E-state index in [9.17, 15) is 0 Å². The van der Waals surface area contributed by atoms with Gasteiger partial charge < -0.3 is 18.2 Å². The van der Waals surface area contributed by atoms with E-state index in [1.807, 2.05) is 0 Å². The van der Waals surface area contributed by atoms with Gasteiger partial charge in [0.25, 0.3) is 0 Å². The zero-order chi connectivity index (χ0) is 7.15. The quantitative estimate of drug-likeness (QED) is 0.467. The predicted molar refractivity (Wildman–Crippen MR) is 19.4 cm³/mol. The van der Waals surface area contributed by atoms with Crippen LogP contribution in [-0.4, -0.2) is 26.6 Å². The van der Waals surface area contributed by atoms with Crippen LogP contribution in [0.25, 0.3) is 0 Å². The van der Waals surface area contributed by atoms with Crippen molar-refractivity contribution in [3.05, 3.63) is 0 Å². The molecule has 9 heteroatoms. The van der Waals surface area contributed by atoms with E-state index in [4.69, 9.17) is 26.6 Å². The molecule has 0 aromatic carbocycles. The van der Waals surface area contributed by atoms with Gasteiger partial charge in [-0.05, 0) is 0 Å².